The molecule has 1 aromatic rings. The van der Waals surface area contributed by atoms with E-state index in [-0.39, 0.29) is 22.1 Å². The highest BCUT2D eigenvalue weighted by Crippen LogP contribution is 2.50. The number of carboxylic acid groups (broad SMARTS) is 1. The van der Waals surface area contributed by atoms with Crippen molar-refractivity contribution in [3.05, 3.63) is 22.5 Å². The van der Waals surface area contributed by atoms with E-state index < -0.39 is 17.2 Å². The van der Waals surface area contributed by atoms with Gasteiger partial charge in [0.15, 0.2) is 11.5 Å². The van der Waals surface area contributed by atoms with Crippen LogP contribution in [0.3, 0.4) is 0 Å². The van der Waals surface area contributed by atoms with E-state index in [1.54, 1.807) is 0 Å². The molecule has 1 aliphatic rings. The van der Waals surface area contributed by atoms with Crippen molar-refractivity contribution in [2.24, 2.45) is 0 Å². The van der Waals surface area contributed by atoms with E-state index in [4.69, 9.17) is 21.1 Å². The summed E-state index contributed by atoms with van der Waals surface area (Å²) in [6.07, 6.45) is 3.28. The quantitative estimate of drug-likeness (QED) is 0.918. The van der Waals surface area contributed by atoms with Gasteiger partial charge in [0.05, 0.1) is 24.7 Å². The molecule has 4 nitrogen and oxygen atoms in total. The Morgan fingerprint density at radius 2 is 1.90 bits per heavy atom. The maximum absolute atomic E-state index is 14.1. The van der Waals surface area contributed by atoms with Gasteiger partial charge in [-0.3, -0.25) is 4.79 Å². The maximum Gasteiger partial charge on any atom is 0.314 e. The predicted molar refractivity (Wildman–Crippen MR) is 76.9 cm³/mol. The second kappa shape index (κ2) is 6.10. The van der Waals surface area contributed by atoms with Crippen LogP contribution in [0.2, 0.25) is 5.02 Å². The fourth-order valence-corrected chi connectivity index (χ4v) is 3.42. The Kier molecular flexibility index (Phi) is 4.61. The fourth-order valence-electron chi connectivity index (χ4n) is 3.09. The molecule has 1 saturated carbocycles. The van der Waals surface area contributed by atoms with E-state index in [1.807, 2.05) is 0 Å². The van der Waals surface area contributed by atoms with Gasteiger partial charge >= 0.3 is 5.97 Å². The van der Waals surface area contributed by atoms with Crippen LogP contribution in [-0.4, -0.2) is 25.3 Å². The molecule has 0 heterocycles. The lowest BCUT2D eigenvalue weighted by Gasteiger charge is -2.35. The van der Waals surface area contributed by atoms with Gasteiger partial charge in [-0.2, -0.15) is 0 Å². The maximum atomic E-state index is 14.1. The Labute approximate surface area is 127 Å². The first-order chi connectivity index (χ1) is 9.97. The average molecular weight is 317 g/mol. The minimum absolute atomic E-state index is 0.153. The van der Waals surface area contributed by atoms with E-state index in [1.165, 1.54) is 14.2 Å². The SMILES string of the molecule is COc1cc(F)c(Cl)c(C2(C(=O)O)CCCCC2)c1OC. The molecule has 2 rings (SSSR count). The van der Waals surface area contributed by atoms with Crippen LogP contribution in [0.4, 0.5) is 4.39 Å². The molecular formula is C15H18ClFO4. The molecule has 1 aliphatic carbocycles. The number of ether oxygens (including phenoxy) is 2. The fraction of sp³-hybridized carbons (Fsp3) is 0.533. The Balaban J connectivity index is 2.75. The normalized spacial score (nSPS) is 17.3. The summed E-state index contributed by atoms with van der Waals surface area (Å²) in [5.74, 6) is -1.35. The highest BCUT2D eigenvalue weighted by atomic mass is 35.5. The van der Waals surface area contributed by atoms with Crippen molar-refractivity contribution >= 4 is 17.6 Å². The number of methoxy groups -OCH3 is 2. The number of hydrogen-bond acceptors (Lipinski definition) is 3. The highest BCUT2D eigenvalue weighted by molar-refractivity contribution is 6.32. The van der Waals surface area contributed by atoms with Crippen LogP contribution in [-0.2, 0) is 10.2 Å². The average Bonchev–Trinajstić information content (AvgIpc) is 2.49. The molecule has 0 spiro atoms. The first kappa shape index (κ1) is 15.9. The van der Waals surface area contributed by atoms with Crippen LogP contribution < -0.4 is 9.47 Å². The van der Waals surface area contributed by atoms with Crippen molar-refractivity contribution in [1.29, 1.82) is 0 Å². The van der Waals surface area contributed by atoms with Crippen molar-refractivity contribution in [3.63, 3.8) is 0 Å². The number of hydrogen-bond donors (Lipinski definition) is 1. The van der Waals surface area contributed by atoms with Crippen LogP contribution in [0.5, 0.6) is 11.5 Å². The van der Waals surface area contributed by atoms with Gasteiger partial charge in [0.1, 0.15) is 5.82 Å². The number of benzene rings is 1. The molecule has 1 fully saturated rings. The molecule has 6 heteroatoms. The number of carboxylic acids is 1. The van der Waals surface area contributed by atoms with E-state index >= 15 is 0 Å². The lowest BCUT2D eigenvalue weighted by atomic mass is 9.69. The molecule has 21 heavy (non-hydrogen) atoms. The molecule has 0 bridgehead atoms. The number of halogens is 2. The van der Waals surface area contributed by atoms with Crippen LogP contribution in [0.25, 0.3) is 0 Å². The third-order valence-corrected chi connectivity index (χ3v) is 4.53. The monoisotopic (exact) mass is 316 g/mol. The first-order valence-electron chi connectivity index (χ1n) is 6.81. The minimum Gasteiger partial charge on any atom is -0.493 e. The molecule has 1 aromatic carbocycles. The lowest BCUT2D eigenvalue weighted by molar-refractivity contribution is -0.145. The predicted octanol–water partition coefficient (Wildman–Crippen LogP) is 3.78. The third-order valence-electron chi connectivity index (χ3n) is 4.16. The summed E-state index contributed by atoms with van der Waals surface area (Å²) in [6.45, 7) is 0. The molecule has 0 aliphatic heterocycles. The van der Waals surface area contributed by atoms with Crippen molar-refractivity contribution in [3.8, 4) is 11.5 Å². The van der Waals surface area contributed by atoms with Crippen molar-refractivity contribution in [1.82, 2.24) is 0 Å². The topological polar surface area (TPSA) is 55.8 Å². The van der Waals surface area contributed by atoms with Gasteiger partial charge in [-0.15, -0.1) is 0 Å². The second-order valence-electron chi connectivity index (χ2n) is 5.23. The molecule has 0 aromatic heterocycles. The van der Waals surface area contributed by atoms with Gasteiger partial charge in [-0.1, -0.05) is 30.9 Å². The summed E-state index contributed by atoms with van der Waals surface area (Å²) < 4.78 is 24.5. The van der Waals surface area contributed by atoms with E-state index in [9.17, 15) is 14.3 Å². The zero-order chi connectivity index (χ0) is 15.6. The summed E-state index contributed by atoms with van der Waals surface area (Å²) in [5, 5.41) is 9.57. The van der Waals surface area contributed by atoms with Gasteiger partial charge in [0, 0.05) is 11.6 Å². The molecule has 0 amide bonds. The van der Waals surface area contributed by atoms with Gasteiger partial charge < -0.3 is 14.6 Å². The largest absolute Gasteiger partial charge is 0.493 e. The van der Waals surface area contributed by atoms with Crippen LogP contribution in [0.1, 0.15) is 37.7 Å². The summed E-state index contributed by atoms with van der Waals surface area (Å²) in [6, 6.07) is 1.11. The summed E-state index contributed by atoms with van der Waals surface area (Å²) >= 11 is 6.10. The van der Waals surface area contributed by atoms with Gasteiger partial charge in [0.2, 0.25) is 0 Å². The highest BCUT2D eigenvalue weighted by Gasteiger charge is 2.46. The molecule has 0 radical (unpaired) electrons. The van der Waals surface area contributed by atoms with Crippen molar-refractivity contribution < 1.29 is 23.8 Å². The molecule has 116 valence electrons. The van der Waals surface area contributed by atoms with Crippen LogP contribution >= 0.6 is 11.6 Å². The standard InChI is InChI=1S/C15H18ClFO4/c1-20-10-8-9(17)12(16)11(13(10)21-2)15(14(18)19)6-4-3-5-7-15/h8H,3-7H2,1-2H3,(H,18,19). The minimum atomic E-state index is -1.23. The molecule has 1 N–H and O–H groups in total. The Morgan fingerprint density at radius 3 is 2.38 bits per heavy atom. The van der Waals surface area contributed by atoms with Gasteiger partial charge in [0.25, 0.3) is 0 Å². The van der Waals surface area contributed by atoms with E-state index in [2.05, 4.69) is 0 Å². The van der Waals surface area contributed by atoms with Gasteiger partial charge in [-0.05, 0) is 12.8 Å². The Bertz CT molecular complexity index is 553. The van der Waals surface area contributed by atoms with Crippen molar-refractivity contribution in [2.75, 3.05) is 14.2 Å². The Morgan fingerprint density at radius 1 is 1.29 bits per heavy atom. The number of aliphatic carboxylic acids is 1. The van der Waals surface area contributed by atoms with E-state index in [0.717, 1.165) is 25.3 Å². The summed E-state index contributed by atoms with van der Waals surface area (Å²) in [5.41, 5.74) is -1.04. The number of rotatable bonds is 4. The summed E-state index contributed by atoms with van der Waals surface area (Å²) in [4.78, 5) is 11.9. The zero-order valence-electron chi connectivity index (χ0n) is 12.0. The summed E-state index contributed by atoms with van der Waals surface area (Å²) in [7, 11) is 2.78. The van der Waals surface area contributed by atoms with Gasteiger partial charge in [-0.25, -0.2) is 4.39 Å². The molecule has 0 atom stereocenters. The second-order valence-corrected chi connectivity index (χ2v) is 5.61. The molecule has 0 saturated heterocycles. The lowest BCUT2D eigenvalue weighted by Crippen LogP contribution is -2.38. The van der Waals surface area contributed by atoms with Crippen LogP contribution in [0.15, 0.2) is 6.07 Å². The van der Waals surface area contributed by atoms with Crippen molar-refractivity contribution in [2.45, 2.75) is 37.5 Å². The third kappa shape index (κ3) is 2.55. The number of carbonyl (C=O) groups is 1. The zero-order valence-corrected chi connectivity index (χ0v) is 12.8. The van der Waals surface area contributed by atoms with E-state index in [0.29, 0.717) is 12.8 Å². The molecular weight excluding hydrogens is 299 g/mol. The first-order valence-corrected chi connectivity index (χ1v) is 7.19. The smallest absolute Gasteiger partial charge is 0.314 e. The van der Waals surface area contributed by atoms with Crippen LogP contribution in [0, 0.1) is 5.82 Å². The Hall–Kier alpha value is -1.49. The molecule has 0 unspecified atom stereocenters.